The lowest BCUT2D eigenvalue weighted by atomic mass is 9.87. The van der Waals surface area contributed by atoms with Gasteiger partial charge in [0.25, 0.3) is 5.91 Å². The second-order valence-electron chi connectivity index (χ2n) is 5.84. The lowest BCUT2D eigenvalue weighted by Gasteiger charge is -2.27. The fourth-order valence-electron chi connectivity index (χ4n) is 2.89. The van der Waals surface area contributed by atoms with Gasteiger partial charge in [0.1, 0.15) is 0 Å². The average molecular weight is 307 g/mol. The summed E-state index contributed by atoms with van der Waals surface area (Å²) < 4.78 is 15.9. The van der Waals surface area contributed by atoms with Crippen LogP contribution in [0.15, 0.2) is 12.1 Å². The van der Waals surface area contributed by atoms with E-state index in [4.69, 9.17) is 14.2 Å². The number of nitrogens with one attached hydrogen (secondary N) is 1. The van der Waals surface area contributed by atoms with E-state index in [1.165, 1.54) is 12.8 Å². The van der Waals surface area contributed by atoms with Gasteiger partial charge in [0.05, 0.1) is 21.3 Å². The van der Waals surface area contributed by atoms with Gasteiger partial charge in [0.15, 0.2) is 11.5 Å². The third kappa shape index (κ3) is 3.64. The molecule has 0 spiro atoms. The lowest BCUT2D eigenvalue weighted by Crippen LogP contribution is -2.37. The second kappa shape index (κ2) is 7.38. The van der Waals surface area contributed by atoms with Gasteiger partial charge in [-0.1, -0.05) is 6.92 Å². The van der Waals surface area contributed by atoms with Gasteiger partial charge in [-0.15, -0.1) is 0 Å². The molecule has 0 radical (unpaired) electrons. The Labute approximate surface area is 131 Å². The Bertz CT molecular complexity index is 496. The van der Waals surface area contributed by atoms with Crippen molar-refractivity contribution in [2.24, 2.45) is 5.92 Å². The molecule has 1 saturated carbocycles. The van der Waals surface area contributed by atoms with Crippen LogP contribution in [-0.4, -0.2) is 33.3 Å². The molecule has 122 valence electrons. The summed E-state index contributed by atoms with van der Waals surface area (Å²) >= 11 is 0. The monoisotopic (exact) mass is 307 g/mol. The molecular weight excluding hydrogens is 282 g/mol. The van der Waals surface area contributed by atoms with Gasteiger partial charge in [0.2, 0.25) is 5.75 Å². The van der Waals surface area contributed by atoms with Gasteiger partial charge in [0, 0.05) is 11.6 Å². The fourth-order valence-corrected chi connectivity index (χ4v) is 2.89. The molecule has 1 amide bonds. The standard InChI is InChI=1S/C17H25NO4/c1-11-5-7-13(8-6-11)18-17(19)12-9-14(20-2)16(22-4)15(10-12)21-3/h9-11,13H,5-8H2,1-4H3,(H,18,19). The Morgan fingerprint density at radius 2 is 1.55 bits per heavy atom. The topological polar surface area (TPSA) is 56.8 Å². The van der Waals surface area contributed by atoms with Gasteiger partial charge in [-0.2, -0.15) is 0 Å². The molecule has 1 aromatic carbocycles. The van der Waals surface area contributed by atoms with Gasteiger partial charge in [-0.05, 0) is 43.7 Å². The predicted molar refractivity (Wildman–Crippen MR) is 85.0 cm³/mol. The number of benzene rings is 1. The molecule has 1 fully saturated rings. The molecule has 1 aliphatic rings. The van der Waals surface area contributed by atoms with E-state index in [1.807, 2.05) is 0 Å². The molecule has 22 heavy (non-hydrogen) atoms. The summed E-state index contributed by atoms with van der Waals surface area (Å²) in [4.78, 5) is 12.5. The first-order chi connectivity index (χ1) is 10.6. The third-order valence-electron chi connectivity index (χ3n) is 4.28. The number of rotatable bonds is 5. The number of hydrogen-bond acceptors (Lipinski definition) is 4. The lowest BCUT2D eigenvalue weighted by molar-refractivity contribution is 0.0922. The molecule has 0 atom stereocenters. The van der Waals surface area contributed by atoms with Gasteiger partial charge in [-0.25, -0.2) is 0 Å². The molecule has 0 unspecified atom stereocenters. The zero-order valence-corrected chi connectivity index (χ0v) is 13.8. The van der Waals surface area contributed by atoms with E-state index in [1.54, 1.807) is 33.5 Å². The van der Waals surface area contributed by atoms with Crippen molar-refractivity contribution in [3.05, 3.63) is 17.7 Å². The molecule has 0 bridgehead atoms. The Kier molecular flexibility index (Phi) is 5.52. The van der Waals surface area contributed by atoms with Crippen LogP contribution < -0.4 is 19.5 Å². The SMILES string of the molecule is COc1cc(C(=O)NC2CCC(C)CC2)cc(OC)c1OC. The van der Waals surface area contributed by atoms with Crippen molar-refractivity contribution in [3.63, 3.8) is 0 Å². The second-order valence-corrected chi connectivity index (χ2v) is 5.84. The Morgan fingerprint density at radius 3 is 2.00 bits per heavy atom. The highest BCUT2D eigenvalue weighted by Gasteiger charge is 2.22. The number of amides is 1. The summed E-state index contributed by atoms with van der Waals surface area (Å²) in [7, 11) is 4.63. The zero-order valence-electron chi connectivity index (χ0n) is 13.8. The van der Waals surface area contributed by atoms with Crippen molar-refractivity contribution < 1.29 is 19.0 Å². The van der Waals surface area contributed by atoms with Crippen molar-refractivity contribution in [1.82, 2.24) is 5.32 Å². The van der Waals surface area contributed by atoms with Crippen molar-refractivity contribution in [2.75, 3.05) is 21.3 Å². The highest BCUT2D eigenvalue weighted by Crippen LogP contribution is 2.38. The first-order valence-corrected chi connectivity index (χ1v) is 7.69. The number of carbonyl (C=O) groups is 1. The Hall–Kier alpha value is -1.91. The molecule has 0 heterocycles. The largest absolute Gasteiger partial charge is 0.493 e. The Balaban J connectivity index is 2.15. The quantitative estimate of drug-likeness (QED) is 0.908. The number of methoxy groups -OCH3 is 3. The van der Waals surface area contributed by atoms with Gasteiger partial charge < -0.3 is 19.5 Å². The fraction of sp³-hybridized carbons (Fsp3) is 0.588. The molecule has 1 N–H and O–H groups in total. The minimum absolute atomic E-state index is 0.0983. The van der Waals surface area contributed by atoms with Crippen LogP contribution in [0.25, 0.3) is 0 Å². The van der Waals surface area contributed by atoms with E-state index in [-0.39, 0.29) is 11.9 Å². The number of ether oxygens (including phenoxy) is 3. The van der Waals surface area contributed by atoms with E-state index >= 15 is 0 Å². The molecule has 0 aromatic heterocycles. The van der Waals surface area contributed by atoms with Gasteiger partial charge >= 0.3 is 0 Å². The number of hydrogen-bond donors (Lipinski definition) is 1. The van der Waals surface area contributed by atoms with Crippen LogP contribution in [0, 0.1) is 5.92 Å². The molecule has 2 rings (SSSR count). The van der Waals surface area contributed by atoms with E-state index in [0.29, 0.717) is 22.8 Å². The van der Waals surface area contributed by atoms with Crippen LogP contribution in [0.4, 0.5) is 0 Å². The summed E-state index contributed by atoms with van der Waals surface area (Å²) in [6, 6.07) is 3.62. The molecule has 0 aliphatic heterocycles. The van der Waals surface area contributed by atoms with Crippen LogP contribution >= 0.6 is 0 Å². The van der Waals surface area contributed by atoms with Crippen LogP contribution in [0.5, 0.6) is 17.2 Å². The van der Waals surface area contributed by atoms with E-state index in [0.717, 1.165) is 18.8 Å². The summed E-state index contributed by atoms with van der Waals surface area (Å²) in [5.41, 5.74) is 0.521. The summed E-state index contributed by atoms with van der Waals surface area (Å²) in [5, 5.41) is 3.10. The maximum atomic E-state index is 12.5. The third-order valence-corrected chi connectivity index (χ3v) is 4.28. The molecule has 1 aromatic rings. The minimum Gasteiger partial charge on any atom is -0.493 e. The predicted octanol–water partition coefficient (Wildman–Crippen LogP) is 3.02. The Morgan fingerprint density at radius 1 is 1.00 bits per heavy atom. The molecule has 5 nitrogen and oxygen atoms in total. The van der Waals surface area contributed by atoms with Crippen LogP contribution in [0.3, 0.4) is 0 Å². The van der Waals surface area contributed by atoms with E-state index in [9.17, 15) is 4.79 Å². The van der Waals surface area contributed by atoms with E-state index < -0.39 is 0 Å². The smallest absolute Gasteiger partial charge is 0.251 e. The van der Waals surface area contributed by atoms with Crippen molar-refractivity contribution in [3.8, 4) is 17.2 Å². The summed E-state index contributed by atoms with van der Waals surface area (Å²) in [6.07, 6.45) is 4.41. The van der Waals surface area contributed by atoms with Gasteiger partial charge in [-0.3, -0.25) is 4.79 Å². The molecule has 5 heteroatoms. The highest BCUT2D eigenvalue weighted by molar-refractivity contribution is 5.95. The minimum atomic E-state index is -0.0983. The van der Waals surface area contributed by atoms with Crippen LogP contribution in [0.1, 0.15) is 43.0 Å². The first kappa shape index (κ1) is 16.5. The molecule has 0 saturated heterocycles. The first-order valence-electron chi connectivity index (χ1n) is 7.69. The highest BCUT2D eigenvalue weighted by atomic mass is 16.5. The summed E-state index contributed by atoms with van der Waals surface area (Å²) in [5.74, 6) is 2.13. The maximum absolute atomic E-state index is 12.5. The van der Waals surface area contributed by atoms with Crippen molar-refractivity contribution in [1.29, 1.82) is 0 Å². The normalized spacial score (nSPS) is 21.1. The van der Waals surface area contributed by atoms with Crippen LogP contribution in [-0.2, 0) is 0 Å². The average Bonchev–Trinajstić information content (AvgIpc) is 2.55. The maximum Gasteiger partial charge on any atom is 0.251 e. The number of carbonyl (C=O) groups excluding carboxylic acids is 1. The molecule has 1 aliphatic carbocycles. The van der Waals surface area contributed by atoms with Crippen molar-refractivity contribution >= 4 is 5.91 Å². The zero-order chi connectivity index (χ0) is 16.1. The van der Waals surface area contributed by atoms with Crippen molar-refractivity contribution in [2.45, 2.75) is 38.6 Å². The van der Waals surface area contributed by atoms with E-state index in [2.05, 4.69) is 12.2 Å². The molecular formula is C17H25NO4. The summed E-state index contributed by atoms with van der Waals surface area (Å²) in [6.45, 7) is 2.26. The van der Waals surface area contributed by atoms with Crippen LogP contribution in [0.2, 0.25) is 0 Å².